The number of hydrogen-bond acceptors (Lipinski definition) is 5. The summed E-state index contributed by atoms with van der Waals surface area (Å²) < 4.78 is 10.0. The standard InChI is InChI=1S/C12H16N2O4/c1-12(2,3)18-11(16)14-9-5-6-13-10(17-4)8(9)7-15/h5-7H,1-4H3,(H,13,14,16). The second-order valence-corrected chi connectivity index (χ2v) is 4.53. The van der Waals surface area contributed by atoms with Crippen LogP contribution >= 0.6 is 0 Å². The number of nitrogens with zero attached hydrogens (tertiary/aromatic N) is 1. The first-order valence-electron chi connectivity index (χ1n) is 5.35. The Morgan fingerprint density at radius 2 is 2.11 bits per heavy atom. The fraction of sp³-hybridized carbons (Fsp3) is 0.417. The van der Waals surface area contributed by atoms with Gasteiger partial charge in [0.05, 0.1) is 12.8 Å². The molecule has 1 N–H and O–H groups in total. The van der Waals surface area contributed by atoms with Gasteiger partial charge >= 0.3 is 6.09 Å². The van der Waals surface area contributed by atoms with Crippen molar-refractivity contribution < 1.29 is 19.1 Å². The zero-order chi connectivity index (χ0) is 13.8. The Kier molecular flexibility index (Phi) is 4.25. The number of hydrogen-bond donors (Lipinski definition) is 1. The molecule has 0 saturated heterocycles. The molecule has 18 heavy (non-hydrogen) atoms. The fourth-order valence-corrected chi connectivity index (χ4v) is 1.25. The van der Waals surface area contributed by atoms with Gasteiger partial charge in [0.1, 0.15) is 11.2 Å². The van der Waals surface area contributed by atoms with Crippen LogP contribution in [0.25, 0.3) is 0 Å². The molecule has 98 valence electrons. The van der Waals surface area contributed by atoms with Gasteiger partial charge in [-0.25, -0.2) is 9.78 Å². The van der Waals surface area contributed by atoms with E-state index < -0.39 is 11.7 Å². The number of ether oxygens (including phenoxy) is 2. The molecular weight excluding hydrogens is 236 g/mol. The highest BCUT2D eigenvalue weighted by Crippen LogP contribution is 2.22. The lowest BCUT2D eigenvalue weighted by Gasteiger charge is -2.20. The van der Waals surface area contributed by atoms with Gasteiger partial charge in [0.15, 0.2) is 6.29 Å². The monoisotopic (exact) mass is 252 g/mol. The second-order valence-electron chi connectivity index (χ2n) is 4.53. The van der Waals surface area contributed by atoms with Gasteiger partial charge < -0.3 is 9.47 Å². The van der Waals surface area contributed by atoms with Crippen LogP contribution in [0.1, 0.15) is 31.1 Å². The van der Waals surface area contributed by atoms with E-state index in [1.54, 1.807) is 20.8 Å². The van der Waals surface area contributed by atoms with Gasteiger partial charge in [-0.15, -0.1) is 0 Å². The largest absolute Gasteiger partial charge is 0.480 e. The number of aromatic nitrogens is 1. The zero-order valence-corrected chi connectivity index (χ0v) is 10.8. The second kappa shape index (κ2) is 5.48. The topological polar surface area (TPSA) is 77.5 Å². The Bertz CT molecular complexity index is 452. The van der Waals surface area contributed by atoms with Crippen LogP contribution in [0.5, 0.6) is 5.88 Å². The minimum atomic E-state index is -0.640. The smallest absolute Gasteiger partial charge is 0.412 e. The minimum absolute atomic E-state index is 0.151. The Morgan fingerprint density at radius 1 is 1.44 bits per heavy atom. The first-order chi connectivity index (χ1) is 8.37. The number of anilines is 1. The van der Waals surface area contributed by atoms with E-state index in [1.807, 2.05) is 0 Å². The van der Waals surface area contributed by atoms with Gasteiger partial charge in [-0.3, -0.25) is 10.1 Å². The lowest BCUT2D eigenvalue weighted by Crippen LogP contribution is -2.27. The van der Waals surface area contributed by atoms with Crippen LogP contribution in [-0.2, 0) is 4.74 Å². The first kappa shape index (κ1) is 14.0. The van der Waals surface area contributed by atoms with Crippen LogP contribution in [0.15, 0.2) is 12.3 Å². The number of rotatable bonds is 3. The molecule has 0 aliphatic carbocycles. The Hall–Kier alpha value is -2.11. The molecule has 1 aromatic heterocycles. The highest BCUT2D eigenvalue weighted by Gasteiger charge is 2.18. The maximum Gasteiger partial charge on any atom is 0.412 e. The predicted molar refractivity (Wildman–Crippen MR) is 66.0 cm³/mol. The van der Waals surface area contributed by atoms with Crippen molar-refractivity contribution in [2.24, 2.45) is 0 Å². The summed E-state index contributed by atoms with van der Waals surface area (Å²) in [6.45, 7) is 5.25. The molecule has 0 saturated carbocycles. The van der Waals surface area contributed by atoms with Crippen LogP contribution in [-0.4, -0.2) is 30.1 Å². The lowest BCUT2D eigenvalue weighted by molar-refractivity contribution is 0.0636. The summed E-state index contributed by atoms with van der Waals surface area (Å²) in [6, 6.07) is 1.50. The van der Waals surface area contributed by atoms with E-state index >= 15 is 0 Å². The molecule has 0 bridgehead atoms. The summed E-state index contributed by atoms with van der Waals surface area (Å²) in [7, 11) is 1.40. The molecule has 6 heteroatoms. The van der Waals surface area contributed by atoms with Crippen molar-refractivity contribution in [2.75, 3.05) is 12.4 Å². The van der Waals surface area contributed by atoms with Crippen molar-refractivity contribution in [3.05, 3.63) is 17.8 Å². The summed E-state index contributed by atoms with van der Waals surface area (Å²) in [4.78, 5) is 26.4. The zero-order valence-electron chi connectivity index (χ0n) is 10.8. The molecule has 6 nitrogen and oxygen atoms in total. The van der Waals surface area contributed by atoms with Gasteiger partial charge in [0, 0.05) is 6.20 Å². The van der Waals surface area contributed by atoms with Gasteiger partial charge in [-0.2, -0.15) is 0 Å². The van der Waals surface area contributed by atoms with Crippen LogP contribution in [0, 0.1) is 0 Å². The maximum atomic E-state index is 11.6. The maximum absolute atomic E-state index is 11.6. The van der Waals surface area contributed by atoms with E-state index in [0.29, 0.717) is 12.0 Å². The number of methoxy groups -OCH3 is 1. The Balaban J connectivity index is 2.91. The third-order valence-corrected chi connectivity index (χ3v) is 1.90. The molecule has 0 radical (unpaired) electrons. The van der Waals surface area contributed by atoms with Gasteiger partial charge in [0.25, 0.3) is 0 Å². The van der Waals surface area contributed by atoms with Crippen LogP contribution in [0.2, 0.25) is 0 Å². The summed E-state index contributed by atoms with van der Waals surface area (Å²) in [5.74, 6) is 0.151. The van der Waals surface area contributed by atoms with E-state index in [0.717, 1.165) is 0 Å². The van der Waals surface area contributed by atoms with E-state index in [1.165, 1.54) is 19.4 Å². The van der Waals surface area contributed by atoms with Crippen molar-refractivity contribution in [1.82, 2.24) is 4.98 Å². The molecule has 0 atom stereocenters. The Labute approximate surface area is 105 Å². The Morgan fingerprint density at radius 3 is 2.61 bits per heavy atom. The van der Waals surface area contributed by atoms with E-state index in [4.69, 9.17) is 9.47 Å². The third kappa shape index (κ3) is 3.73. The highest BCUT2D eigenvalue weighted by molar-refractivity contribution is 5.94. The van der Waals surface area contributed by atoms with Gasteiger partial charge in [-0.1, -0.05) is 0 Å². The summed E-state index contributed by atoms with van der Waals surface area (Å²) >= 11 is 0. The fourth-order valence-electron chi connectivity index (χ4n) is 1.25. The molecule has 1 rings (SSSR count). The van der Waals surface area contributed by atoms with Crippen LogP contribution < -0.4 is 10.1 Å². The molecule has 1 heterocycles. The van der Waals surface area contributed by atoms with Crippen molar-refractivity contribution in [2.45, 2.75) is 26.4 Å². The first-order valence-corrected chi connectivity index (χ1v) is 5.35. The minimum Gasteiger partial charge on any atom is -0.480 e. The summed E-state index contributed by atoms with van der Waals surface area (Å²) in [5, 5.41) is 2.48. The van der Waals surface area contributed by atoms with E-state index in [-0.39, 0.29) is 11.4 Å². The molecule has 1 aromatic rings. The lowest BCUT2D eigenvalue weighted by atomic mass is 10.2. The van der Waals surface area contributed by atoms with Crippen molar-refractivity contribution >= 4 is 18.1 Å². The molecule has 0 spiro atoms. The number of nitrogens with one attached hydrogen (secondary N) is 1. The molecular formula is C12H16N2O4. The average molecular weight is 252 g/mol. The number of aldehydes is 1. The number of amides is 1. The molecule has 0 aliphatic heterocycles. The molecule has 0 fully saturated rings. The summed E-state index contributed by atoms with van der Waals surface area (Å²) in [5.41, 5.74) is -0.139. The molecule has 1 amide bonds. The number of carbonyl (C=O) groups excluding carboxylic acids is 2. The highest BCUT2D eigenvalue weighted by atomic mass is 16.6. The van der Waals surface area contributed by atoms with E-state index in [2.05, 4.69) is 10.3 Å². The van der Waals surface area contributed by atoms with Crippen molar-refractivity contribution in [1.29, 1.82) is 0 Å². The van der Waals surface area contributed by atoms with Gasteiger partial charge in [0.2, 0.25) is 5.88 Å². The van der Waals surface area contributed by atoms with Crippen molar-refractivity contribution in [3.63, 3.8) is 0 Å². The van der Waals surface area contributed by atoms with Crippen molar-refractivity contribution in [3.8, 4) is 5.88 Å². The molecule has 0 aliphatic rings. The predicted octanol–water partition coefficient (Wildman–Crippen LogP) is 2.25. The summed E-state index contributed by atoms with van der Waals surface area (Å²) in [6.07, 6.45) is 1.36. The average Bonchev–Trinajstić information content (AvgIpc) is 2.25. The van der Waals surface area contributed by atoms with Crippen LogP contribution in [0.4, 0.5) is 10.5 Å². The van der Waals surface area contributed by atoms with E-state index in [9.17, 15) is 9.59 Å². The number of pyridine rings is 1. The van der Waals surface area contributed by atoms with Gasteiger partial charge in [-0.05, 0) is 26.8 Å². The normalized spacial score (nSPS) is 10.7. The van der Waals surface area contributed by atoms with Crippen LogP contribution in [0.3, 0.4) is 0 Å². The SMILES string of the molecule is COc1nccc(NC(=O)OC(C)(C)C)c1C=O. The quantitative estimate of drug-likeness (QED) is 0.835. The number of carbonyl (C=O) groups is 2. The molecule has 0 unspecified atom stereocenters. The third-order valence-electron chi connectivity index (χ3n) is 1.90. The molecule has 0 aromatic carbocycles.